The van der Waals surface area contributed by atoms with Gasteiger partial charge in [0.1, 0.15) is 17.8 Å². The number of nitrogens with zero attached hydrogens (tertiary/aromatic N) is 1. The molecule has 1 aromatic rings. The molecule has 2 rings (SSSR count). The van der Waals surface area contributed by atoms with Crippen LogP contribution in [0.25, 0.3) is 0 Å². The van der Waals surface area contributed by atoms with Crippen molar-refractivity contribution in [1.29, 1.82) is 5.26 Å². The summed E-state index contributed by atoms with van der Waals surface area (Å²) in [6, 6.07) is 5.87. The monoisotopic (exact) mass is 205 g/mol. The normalized spacial score (nSPS) is 23.9. The van der Waals surface area contributed by atoms with E-state index in [1.54, 1.807) is 6.92 Å². The highest BCUT2D eigenvalue weighted by atomic mass is 19.1. The maximum atomic E-state index is 12.9. The van der Waals surface area contributed by atoms with E-state index in [9.17, 15) is 9.18 Å². The molecule has 0 radical (unpaired) electrons. The van der Waals surface area contributed by atoms with Crippen molar-refractivity contribution in [3.63, 3.8) is 0 Å². The molecule has 2 unspecified atom stereocenters. The van der Waals surface area contributed by atoms with Gasteiger partial charge in [-0.3, -0.25) is 0 Å². The minimum absolute atomic E-state index is 0.152. The Bertz CT molecular complexity index is 464. The van der Waals surface area contributed by atoms with Crippen molar-refractivity contribution in [1.82, 2.24) is 0 Å². The van der Waals surface area contributed by atoms with Crippen LogP contribution in [0.15, 0.2) is 18.2 Å². The Morgan fingerprint density at radius 3 is 2.93 bits per heavy atom. The van der Waals surface area contributed by atoms with Gasteiger partial charge >= 0.3 is 5.97 Å². The van der Waals surface area contributed by atoms with Gasteiger partial charge < -0.3 is 4.74 Å². The number of rotatable bonds is 0. The summed E-state index contributed by atoms with van der Waals surface area (Å²) in [7, 11) is 0. The molecule has 2 atom stereocenters. The van der Waals surface area contributed by atoms with E-state index in [-0.39, 0.29) is 5.56 Å². The molecule has 1 aliphatic rings. The zero-order chi connectivity index (χ0) is 11.0. The Morgan fingerprint density at radius 1 is 1.53 bits per heavy atom. The van der Waals surface area contributed by atoms with Crippen LogP contribution in [0.5, 0.6) is 0 Å². The average Bonchev–Trinajstić information content (AvgIpc) is 2.19. The van der Waals surface area contributed by atoms with E-state index in [0.717, 1.165) is 6.07 Å². The SMILES string of the molecule is CC1OC(=O)c2cc(F)ccc2C1C#N. The van der Waals surface area contributed by atoms with E-state index < -0.39 is 23.8 Å². The molecule has 1 aliphatic heterocycles. The predicted octanol–water partition coefficient (Wildman–Crippen LogP) is 1.99. The van der Waals surface area contributed by atoms with Gasteiger partial charge in [-0.1, -0.05) is 6.07 Å². The Labute approximate surface area is 86.1 Å². The minimum Gasteiger partial charge on any atom is -0.457 e. The van der Waals surface area contributed by atoms with Crippen LogP contribution in [0.4, 0.5) is 4.39 Å². The number of halogens is 1. The van der Waals surface area contributed by atoms with Crippen LogP contribution in [0, 0.1) is 17.1 Å². The lowest BCUT2D eigenvalue weighted by molar-refractivity contribution is 0.0269. The summed E-state index contributed by atoms with van der Waals surface area (Å²) in [5.41, 5.74) is 0.697. The molecule has 1 heterocycles. The Kier molecular flexibility index (Phi) is 2.16. The van der Waals surface area contributed by atoms with Gasteiger partial charge in [0.15, 0.2) is 0 Å². The number of benzene rings is 1. The van der Waals surface area contributed by atoms with Crippen molar-refractivity contribution < 1.29 is 13.9 Å². The van der Waals surface area contributed by atoms with E-state index in [4.69, 9.17) is 10.00 Å². The van der Waals surface area contributed by atoms with Crippen LogP contribution < -0.4 is 0 Å². The molecule has 0 aliphatic carbocycles. The third-order valence-electron chi connectivity index (χ3n) is 2.47. The molecule has 0 saturated heterocycles. The molecule has 0 amide bonds. The highest BCUT2D eigenvalue weighted by Gasteiger charge is 2.33. The van der Waals surface area contributed by atoms with Crippen LogP contribution in [0.1, 0.15) is 28.8 Å². The first kappa shape index (κ1) is 9.66. The van der Waals surface area contributed by atoms with Gasteiger partial charge in [-0.2, -0.15) is 5.26 Å². The summed E-state index contributed by atoms with van der Waals surface area (Å²) in [4.78, 5) is 11.4. The predicted molar refractivity (Wildman–Crippen MR) is 49.6 cm³/mol. The maximum Gasteiger partial charge on any atom is 0.338 e. The second-order valence-corrected chi connectivity index (χ2v) is 3.45. The third kappa shape index (κ3) is 1.46. The van der Waals surface area contributed by atoms with Gasteiger partial charge in [0.2, 0.25) is 0 Å². The summed E-state index contributed by atoms with van der Waals surface area (Å²) in [5, 5.41) is 8.93. The van der Waals surface area contributed by atoms with Crippen LogP contribution >= 0.6 is 0 Å². The molecule has 4 heteroatoms. The first-order chi connectivity index (χ1) is 7.13. The molecule has 0 fully saturated rings. The van der Waals surface area contributed by atoms with Crippen LogP contribution in [-0.2, 0) is 4.74 Å². The minimum atomic E-state index is -0.566. The summed E-state index contributed by atoms with van der Waals surface area (Å²) >= 11 is 0. The number of nitriles is 1. The van der Waals surface area contributed by atoms with Gasteiger partial charge in [-0.25, -0.2) is 9.18 Å². The highest BCUT2D eigenvalue weighted by molar-refractivity contribution is 5.92. The smallest absolute Gasteiger partial charge is 0.338 e. The van der Waals surface area contributed by atoms with Gasteiger partial charge in [0, 0.05) is 0 Å². The molecular formula is C11H8FNO2. The van der Waals surface area contributed by atoms with Gasteiger partial charge in [0.25, 0.3) is 0 Å². The van der Waals surface area contributed by atoms with E-state index in [0.29, 0.717) is 5.56 Å². The van der Waals surface area contributed by atoms with Crippen molar-refractivity contribution in [2.24, 2.45) is 0 Å². The zero-order valence-electron chi connectivity index (χ0n) is 8.03. The number of ether oxygens (including phenoxy) is 1. The molecule has 76 valence electrons. The van der Waals surface area contributed by atoms with Gasteiger partial charge in [-0.05, 0) is 24.6 Å². The molecular weight excluding hydrogens is 197 g/mol. The van der Waals surface area contributed by atoms with Crippen molar-refractivity contribution in [3.8, 4) is 6.07 Å². The Hall–Kier alpha value is -1.89. The van der Waals surface area contributed by atoms with Crippen molar-refractivity contribution >= 4 is 5.97 Å². The standard InChI is InChI=1S/C11H8FNO2/c1-6-10(5-13)8-3-2-7(12)4-9(8)11(14)15-6/h2-4,6,10H,1H3. The quantitative estimate of drug-likeness (QED) is 0.608. The van der Waals surface area contributed by atoms with Gasteiger partial charge in [0.05, 0.1) is 11.6 Å². The first-order valence-corrected chi connectivity index (χ1v) is 4.53. The fourth-order valence-electron chi connectivity index (χ4n) is 1.70. The number of fused-ring (bicyclic) bond motifs is 1. The van der Waals surface area contributed by atoms with Crippen LogP contribution in [0.2, 0.25) is 0 Å². The Morgan fingerprint density at radius 2 is 2.27 bits per heavy atom. The molecule has 0 saturated carbocycles. The van der Waals surface area contributed by atoms with Crippen LogP contribution in [0.3, 0.4) is 0 Å². The number of hydrogen-bond acceptors (Lipinski definition) is 3. The number of carbonyl (C=O) groups is 1. The molecule has 0 aromatic heterocycles. The molecule has 3 nitrogen and oxygen atoms in total. The molecule has 0 spiro atoms. The van der Waals surface area contributed by atoms with Crippen LogP contribution in [-0.4, -0.2) is 12.1 Å². The molecule has 0 bridgehead atoms. The number of hydrogen-bond donors (Lipinski definition) is 0. The summed E-state index contributed by atoms with van der Waals surface area (Å²) < 4.78 is 17.8. The van der Waals surface area contributed by atoms with E-state index in [1.165, 1.54) is 12.1 Å². The lowest BCUT2D eigenvalue weighted by atomic mass is 9.89. The van der Waals surface area contributed by atoms with E-state index in [1.807, 2.05) is 0 Å². The highest BCUT2D eigenvalue weighted by Crippen LogP contribution is 2.31. The zero-order valence-corrected chi connectivity index (χ0v) is 8.03. The summed E-state index contributed by atoms with van der Waals surface area (Å²) in [6.45, 7) is 1.65. The van der Waals surface area contributed by atoms with E-state index in [2.05, 4.69) is 6.07 Å². The van der Waals surface area contributed by atoms with E-state index >= 15 is 0 Å². The first-order valence-electron chi connectivity index (χ1n) is 4.53. The summed E-state index contributed by atoms with van der Waals surface area (Å²) in [6.07, 6.45) is -0.486. The second kappa shape index (κ2) is 3.35. The Balaban J connectivity index is 2.59. The van der Waals surface area contributed by atoms with Crippen molar-refractivity contribution in [3.05, 3.63) is 35.1 Å². The topological polar surface area (TPSA) is 50.1 Å². The molecule has 1 aromatic carbocycles. The largest absolute Gasteiger partial charge is 0.457 e. The summed E-state index contributed by atoms with van der Waals surface area (Å²) in [5.74, 6) is -1.58. The van der Waals surface area contributed by atoms with Crippen molar-refractivity contribution in [2.75, 3.05) is 0 Å². The third-order valence-corrected chi connectivity index (χ3v) is 2.47. The fourth-order valence-corrected chi connectivity index (χ4v) is 1.70. The van der Waals surface area contributed by atoms with Gasteiger partial charge in [-0.15, -0.1) is 0 Å². The average molecular weight is 205 g/mol. The second-order valence-electron chi connectivity index (χ2n) is 3.45. The fraction of sp³-hybridized carbons (Fsp3) is 0.273. The number of cyclic esters (lactones) is 1. The molecule has 15 heavy (non-hydrogen) atoms. The van der Waals surface area contributed by atoms with Crippen molar-refractivity contribution in [2.45, 2.75) is 18.9 Å². The number of esters is 1. The number of carbonyl (C=O) groups excluding carboxylic acids is 1. The lowest BCUT2D eigenvalue weighted by Gasteiger charge is -2.25. The maximum absolute atomic E-state index is 12.9. The lowest BCUT2D eigenvalue weighted by Crippen LogP contribution is -2.29. The molecule has 0 N–H and O–H groups in total.